The van der Waals surface area contributed by atoms with Gasteiger partial charge in [-0.2, -0.15) is 10.2 Å². The molecule has 0 saturated carbocycles. The Morgan fingerprint density at radius 3 is 2.74 bits per heavy atom. The highest BCUT2D eigenvalue weighted by atomic mass is 19.1. The van der Waals surface area contributed by atoms with Crippen LogP contribution in [0.1, 0.15) is 12.5 Å². The summed E-state index contributed by atoms with van der Waals surface area (Å²) in [5.41, 5.74) is 2.76. The molecule has 154 valence electrons. The van der Waals surface area contributed by atoms with Crippen LogP contribution in [0.25, 0.3) is 22.6 Å². The minimum atomic E-state index is -0.343. The molecule has 4 rings (SSSR count). The normalized spacial score (nSPS) is 10.6. The van der Waals surface area contributed by atoms with Gasteiger partial charge in [0, 0.05) is 18.4 Å². The van der Waals surface area contributed by atoms with E-state index in [0.717, 1.165) is 0 Å². The number of nitrogens with zero attached hydrogens (tertiary/aromatic N) is 6. The first-order valence-electron chi connectivity index (χ1n) is 9.46. The molecule has 2 aromatic heterocycles. The zero-order chi connectivity index (χ0) is 21.6. The third kappa shape index (κ3) is 4.55. The van der Waals surface area contributed by atoms with Crippen LogP contribution in [0.15, 0.2) is 60.8 Å². The molecule has 0 spiro atoms. The maximum atomic E-state index is 13.4. The van der Waals surface area contributed by atoms with E-state index in [9.17, 15) is 4.39 Å². The predicted octanol–water partition coefficient (Wildman–Crippen LogP) is 4.20. The van der Waals surface area contributed by atoms with E-state index in [1.54, 1.807) is 53.3 Å². The number of ether oxygens (including phenoxy) is 2. The summed E-state index contributed by atoms with van der Waals surface area (Å²) in [6, 6.07) is 16.5. The zero-order valence-corrected chi connectivity index (χ0v) is 16.6. The lowest BCUT2D eigenvalue weighted by molar-refractivity contribution is 0.0790. The van der Waals surface area contributed by atoms with Gasteiger partial charge in [-0.3, -0.25) is 0 Å². The van der Waals surface area contributed by atoms with Crippen LogP contribution < -0.4 is 4.74 Å². The van der Waals surface area contributed by atoms with Crippen molar-refractivity contribution in [3.05, 3.63) is 72.2 Å². The van der Waals surface area contributed by atoms with Crippen molar-refractivity contribution in [3.8, 4) is 40.5 Å². The van der Waals surface area contributed by atoms with Crippen LogP contribution >= 0.6 is 0 Å². The number of halogens is 1. The van der Waals surface area contributed by atoms with Crippen LogP contribution in [0.5, 0.6) is 11.8 Å². The summed E-state index contributed by atoms with van der Waals surface area (Å²) in [6.45, 7) is 2.55. The van der Waals surface area contributed by atoms with Gasteiger partial charge in [-0.25, -0.2) is 14.1 Å². The Kier molecular flexibility index (Phi) is 5.91. The molecule has 4 aromatic rings. The number of rotatable bonds is 7. The number of benzene rings is 2. The van der Waals surface area contributed by atoms with Crippen molar-refractivity contribution in [1.82, 2.24) is 25.0 Å². The third-order valence-corrected chi connectivity index (χ3v) is 4.32. The molecule has 0 atom stereocenters. The van der Waals surface area contributed by atoms with Crippen molar-refractivity contribution < 1.29 is 13.9 Å². The van der Waals surface area contributed by atoms with Crippen molar-refractivity contribution in [2.45, 2.75) is 13.7 Å². The standard InChI is InChI=1S/C22H17FN6O2/c1-2-30-14-29-21(20(27-28-29)16-6-8-17(23)9-7-16)19-10-11-25-22(26-19)31-18-5-3-4-15(12-18)13-24/h3-12H,2,14H2,1H3. The highest BCUT2D eigenvalue weighted by Crippen LogP contribution is 2.30. The first-order valence-corrected chi connectivity index (χ1v) is 9.46. The third-order valence-electron chi connectivity index (χ3n) is 4.32. The summed E-state index contributed by atoms with van der Waals surface area (Å²) in [6.07, 6.45) is 1.55. The number of nitriles is 1. The van der Waals surface area contributed by atoms with Crippen LogP contribution in [0.4, 0.5) is 4.39 Å². The minimum Gasteiger partial charge on any atom is -0.424 e. The van der Waals surface area contributed by atoms with Crippen LogP contribution in [-0.4, -0.2) is 31.6 Å². The monoisotopic (exact) mass is 416 g/mol. The molecule has 0 aliphatic heterocycles. The van der Waals surface area contributed by atoms with Gasteiger partial charge in [0.05, 0.1) is 17.3 Å². The molecule has 0 radical (unpaired) electrons. The average Bonchev–Trinajstić information content (AvgIpc) is 3.22. The van der Waals surface area contributed by atoms with Crippen molar-refractivity contribution in [1.29, 1.82) is 5.26 Å². The summed E-state index contributed by atoms with van der Waals surface area (Å²) in [7, 11) is 0. The lowest BCUT2D eigenvalue weighted by Crippen LogP contribution is -2.07. The Balaban J connectivity index is 1.74. The Hall–Kier alpha value is -4.16. The number of aromatic nitrogens is 5. The van der Waals surface area contributed by atoms with Gasteiger partial charge < -0.3 is 9.47 Å². The SMILES string of the molecule is CCOCn1nnc(-c2ccc(F)cc2)c1-c1ccnc(Oc2cccc(C#N)c2)n1. The fourth-order valence-corrected chi connectivity index (χ4v) is 2.89. The zero-order valence-electron chi connectivity index (χ0n) is 16.6. The molecule has 0 amide bonds. The van der Waals surface area contributed by atoms with Crippen molar-refractivity contribution >= 4 is 0 Å². The molecule has 0 bridgehead atoms. The molecule has 0 N–H and O–H groups in total. The van der Waals surface area contributed by atoms with Gasteiger partial charge in [-0.05, 0) is 55.5 Å². The summed E-state index contributed by atoms with van der Waals surface area (Å²) >= 11 is 0. The maximum Gasteiger partial charge on any atom is 0.322 e. The minimum absolute atomic E-state index is 0.0989. The van der Waals surface area contributed by atoms with E-state index in [-0.39, 0.29) is 18.6 Å². The van der Waals surface area contributed by atoms with Gasteiger partial charge in [0.2, 0.25) is 0 Å². The van der Waals surface area contributed by atoms with E-state index in [0.29, 0.717) is 40.6 Å². The molecule has 2 heterocycles. The van der Waals surface area contributed by atoms with E-state index in [4.69, 9.17) is 14.7 Å². The lowest BCUT2D eigenvalue weighted by Gasteiger charge is -2.09. The number of hydrogen-bond acceptors (Lipinski definition) is 7. The van der Waals surface area contributed by atoms with Gasteiger partial charge in [-0.1, -0.05) is 11.3 Å². The Morgan fingerprint density at radius 2 is 1.97 bits per heavy atom. The van der Waals surface area contributed by atoms with Crippen molar-refractivity contribution in [2.24, 2.45) is 0 Å². The molecule has 9 heteroatoms. The quantitative estimate of drug-likeness (QED) is 0.445. The summed E-state index contributed by atoms with van der Waals surface area (Å²) < 4.78 is 26.2. The van der Waals surface area contributed by atoms with E-state index in [1.807, 2.05) is 6.92 Å². The number of hydrogen-bond donors (Lipinski definition) is 0. The molecule has 0 saturated heterocycles. The molecule has 31 heavy (non-hydrogen) atoms. The van der Waals surface area contributed by atoms with Crippen molar-refractivity contribution in [2.75, 3.05) is 6.61 Å². The van der Waals surface area contributed by atoms with Gasteiger partial charge in [0.1, 0.15) is 29.7 Å². The van der Waals surface area contributed by atoms with Crippen molar-refractivity contribution in [3.63, 3.8) is 0 Å². The molecule has 0 fully saturated rings. The highest BCUT2D eigenvalue weighted by molar-refractivity contribution is 5.76. The molecule has 2 aromatic carbocycles. The maximum absolute atomic E-state index is 13.4. The molecule has 0 unspecified atom stereocenters. The van der Waals surface area contributed by atoms with E-state index < -0.39 is 0 Å². The summed E-state index contributed by atoms with van der Waals surface area (Å²) in [4.78, 5) is 8.65. The topological polar surface area (TPSA) is 98.7 Å². The summed E-state index contributed by atoms with van der Waals surface area (Å²) in [5.74, 6) is 0.0974. The van der Waals surface area contributed by atoms with Gasteiger partial charge in [-0.15, -0.1) is 5.10 Å². The van der Waals surface area contributed by atoms with E-state index in [2.05, 4.69) is 26.3 Å². The van der Waals surface area contributed by atoms with Gasteiger partial charge in [0.25, 0.3) is 0 Å². The van der Waals surface area contributed by atoms with Gasteiger partial charge >= 0.3 is 6.01 Å². The largest absolute Gasteiger partial charge is 0.424 e. The molecular weight excluding hydrogens is 399 g/mol. The van der Waals surface area contributed by atoms with Crippen LogP contribution in [0.2, 0.25) is 0 Å². The second kappa shape index (κ2) is 9.11. The second-order valence-electron chi connectivity index (χ2n) is 6.38. The molecule has 0 aliphatic carbocycles. The average molecular weight is 416 g/mol. The Labute approximate surface area is 177 Å². The summed E-state index contributed by atoms with van der Waals surface area (Å²) in [5, 5.41) is 17.5. The fraction of sp³-hybridized carbons (Fsp3) is 0.136. The van der Waals surface area contributed by atoms with Gasteiger partial charge in [0.15, 0.2) is 0 Å². The molecule has 0 aliphatic rings. The first kappa shape index (κ1) is 20.1. The predicted molar refractivity (Wildman–Crippen MR) is 109 cm³/mol. The first-order chi connectivity index (χ1) is 15.2. The lowest BCUT2D eigenvalue weighted by atomic mass is 10.1. The van der Waals surface area contributed by atoms with Crippen LogP contribution in [-0.2, 0) is 11.5 Å². The Morgan fingerprint density at radius 1 is 1.13 bits per heavy atom. The smallest absolute Gasteiger partial charge is 0.322 e. The molecular formula is C22H17FN6O2. The molecule has 8 nitrogen and oxygen atoms in total. The van der Waals surface area contributed by atoms with Crippen LogP contribution in [0.3, 0.4) is 0 Å². The van der Waals surface area contributed by atoms with Crippen LogP contribution in [0, 0.1) is 17.1 Å². The van der Waals surface area contributed by atoms with E-state index in [1.165, 1.54) is 12.1 Å². The Bertz CT molecular complexity index is 1230. The highest BCUT2D eigenvalue weighted by Gasteiger charge is 2.19. The van der Waals surface area contributed by atoms with E-state index >= 15 is 0 Å². The second-order valence-corrected chi connectivity index (χ2v) is 6.38. The fourth-order valence-electron chi connectivity index (χ4n) is 2.89.